The number of urea groups is 1. The standard InChI is InChI=1S/C40H48F3N7O6/c1-25(17-28(38(44)53)24-56-16-13-49-35(51)9-10-36(49)52)46-40(54)50(22-29-19-45-20-33(29)43)37(27-11-14-55-15-12-27)39-47-34(31-18-30(41)7-8-32(31)42)23-48(39)21-26-5-3-2-4-6-26/h2-10,18,23,25,27-29,33,37,45H,11-17,19-22,24H2,1H3,(H2,44,53)(H,46,54)/t25-,28?,29-,33-,37+/m0/s1. The lowest BCUT2D eigenvalue weighted by molar-refractivity contribution is -0.138. The summed E-state index contributed by atoms with van der Waals surface area (Å²) in [6, 6.07) is 10.8. The van der Waals surface area contributed by atoms with E-state index in [4.69, 9.17) is 20.2 Å². The maximum absolute atomic E-state index is 15.4. The van der Waals surface area contributed by atoms with Crippen LogP contribution in [0.3, 0.4) is 0 Å². The Balaban J connectivity index is 1.29. The van der Waals surface area contributed by atoms with Crippen molar-refractivity contribution in [2.45, 2.75) is 51.0 Å². The minimum Gasteiger partial charge on any atom is -0.381 e. The molecule has 5 amide bonds. The van der Waals surface area contributed by atoms with Crippen molar-refractivity contribution in [1.29, 1.82) is 0 Å². The number of hydrogen-bond acceptors (Lipinski definition) is 8. The molecule has 1 unspecified atom stereocenters. The summed E-state index contributed by atoms with van der Waals surface area (Å²) in [5.41, 5.74) is 6.79. The number of benzene rings is 2. The number of ether oxygens (including phenoxy) is 2. The van der Waals surface area contributed by atoms with Crippen LogP contribution >= 0.6 is 0 Å². The fraction of sp³-hybridized carbons (Fsp3) is 0.475. The van der Waals surface area contributed by atoms with E-state index in [-0.39, 0.29) is 56.4 Å². The Morgan fingerprint density at radius 3 is 2.50 bits per heavy atom. The van der Waals surface area contributed by atoms with Crippen LogP contribution in [0.2, 0.25) is 0 Å². The first-order valence-electron chi connectivity index (χ1n) is 18.9. The number of imide groups is 1. The van der Waals surface area contributed by atoms with Gasteiger partial charge in [0.1, 0.15) is 23.6 Å². The SMILES string of the molecule is C[C@@H](CC(COCCN1C(=O)C=CC1=O)C(N)=O)NC(=O)N(C[C@@H]1CNC[C@@H]1F)[C@@H](c1nc(-c2cc(F)ccc2F)cn1Cc1ccccc1)C1CCOCC1. The highest BCUT2D eigenvalue weighted by atomic mass is 19.1. The van der Waals surface area contributed by atoms with Crippen LogP contribution in [-0.4, -0.2) is 108 Å². The van der Waals surface area contributed by atoms with Crippen LogP contribution in [0.15, 0.2) is 66.9 Å². The fourth-order valence-corrected chi connectivity index (χ4v) is 7.57. The number of nitrogens with one attached hydrogen (secondary N) is 2. The molecule has 2 aromatic carbocycles. The van der Waals surface area contributed by atoms with E-state index in [0.29, 0.717) is 45.0 Å². The molecule has 1 aromatic heterocycles. The Morgan fingerprint density at radius 2 is 1.82 bits per heavy atom. The number of amides is 5. The minimum atomic E-state index is -1.22. The van der Waals surface area contributed by atoms with Crippen LogP contribution in [0, 0.1) is 29.4 Å². The maximum Gasteiger partial charge on any atom is 0.318 e. The number of nitrogens with zero attached hydrogens (tertiary/aromatic N) is 4. The number of hydrogen-bond donors (Lipinski definition) is 3. The number of carbonyl (C=O) groups excluding carboxylic acids is 4. The summed E-state index contributed by atoms with van der Waals surface area (Å²) in [7, 11) is 0. The van der Waals surface area contributed by atoms with Crippen LogP contribution < -0.4 is 16.4 Å². The largest absolute Gasteiger partial charge is 0.381 e. The molecule has 2 saturated heterocycles. The zero-order chi connectivity index (χ0) is 39.8. The molecule has 16 heteroatoms. The second kappa shape index (κ2) is 18.7. The molecule has 4 heterocycles. The summed E-state index contributed by atoms with van der Waals surface area (Å²) in [5.74, 6) is -3.98. The Bertz CT molecular complexity index is 1870. The van der Waals surface area contributed by atoms with Gasteiger partial charge in [0.2, 0.25) is 5.91 Å². The van der Waals surface area contributed by atoms with Crippen molar-refractivity contribution in [3.05, 3.63) is 89.9 Å². The Hall–Kier alpha value is -5.06. The van der Waals surface area contributed by atoms with Crippen molar-refractivity contribution in [2.75, 3.05) is 52.6 Å². The second-order valence-corrected chi connectivity index (χ2v) is 14.6. The fourth-order valence-electron chi connectivity index (χ4n) is 7.57. The van der Waals surface area contributed by atoms with Gasteiger partial charge in [0.15, 0.2) is 0 Å². The van der Waals surface area contributed by atoms with Crippen molar-refractivity contribution in [1.82, 2.24) is 30.0 Å². The molecule has 13 nitrogen and oxygen atoms in total. The quantitative estimate of drug-likeness (QED) is 0.138. The lowest BCUT2D eigenvalue weighted by atomic mass is 9.89. The molecule has 0 saturated carbocycles. The Labute approximate surface area is 323 Å². The zero-order valence-electron chi connectivity index (χ0n) is 31.2. The van der Waals surface area contributed by atoms with Gasteiger partial charge in [-0.3, -0.25) is 19.3 Å². The average molecular weight is 780 g/mol. The van der Waals surface area contributed by atoms with Crippen LogP contribution in [0.5, 0.6) is 0 Å². The molecule has 0 bridgehead atoms. The van der Waals surface area contributed by atoms with E-state index in [1.807, 2.05) is 34.9 Å². The second-order valence-electron chi connectivity index (χ2n) is 14.6. The third kappa shape index (κ3) is 10.0. The number of carbonyl (C=O) groups is 4. The van der Waals surface area contributed by atoms with E-state index < -0.39 is 65.5 Å². The van der Waals surface area contributed by atoms with Gasteiger partial charge in [-0.25, -0.2) is 22.9 Å². The van der Waals surface area contributed by atoms with Crippen molar-refractivity contribution < 1.29 is 41.8 Å². The first kappa shape index (κ1) is 40.6. The molecule has 3 aromatic rings. The van der Waals surface area contributed by atoms with E-state index in [0.717, 1.165) is 28.7 Å². The van der Waals surface area contributed by atoms with E-state index in [2.05, 4.69) is 10.6 Å². The van der Waals surface area contributed by atoms with Gasteiger partial charge in [-0.1, -0.05) is 30.3 Å². The average Bonchev–Trinajstić information content (AvgIpc) is 3.88. The van der Waals surface area contributed by atoms with E-state index in [1.54, 1.807) is 18.0 Å². The first-order chi connectivity index (χ1) is 27.0. The van der Waals surface area contributed by atoms with Gasteiger partial charge in [-0.2, -0.15) is 0 Å². The van der Waals surface area contributed by atoms with Crippen LogP contribution in [0.25, 0.3) is 11.3 Å². The summed E-state index contributed by atoms with van der Waals surface area (Å²) >= 11 is 0. The molecule has 0 radical (unpaired) electrons. The highest BCUT2D eigenvalue weighted by Crippen LogP contribution is 2.38. The molecular weight excluding hydrogens is 731 g/mol. The molecule has 0 spiro atoms. The number of nitrogens with two attached hydrogens (primary N) is 1. The lowest BCUT2D eigenvalue weighted by Gasteiger charge is -2.40. The summed E-state index contributed by atoms with van der Waals surface area (Å²) in [6.45, 7) is 3.25. The third-order valence-electron chi connectivity index (χ3n) is 10.6. The predicted octanol–water partition coefficient (Wildman–Crippen LogP) is 3.74. The van der Waals surface area contributed by atoms with Crippen LogP contribution in [0.1, 0.15) is 43.6 Å². The van der Waals surface area contributed by atoms with Gasteiger partial charge in [-0.15, -0.1) is 0 Å². The molecule has 5 atom stereocenters. The van der Waals surface area contributed by atoms with E-state index >= 15 is 8.78 Å². The summed E-state index contributed by atoms with van der Waals surface area (Å²) < 4.78 is 58.3. The summed E-state index contributed by atoms with van der Waals surface area (Å²) in [6.07, 6.45) is 3.99. The maximum atomic E-state index is 15.4. The highest BCUT2D eigenvalue weighted by molar-refractivity contribution is 6.12. The zero-order valence-corrected chi connectivity index (χ0v) is 31.2. The van der Waals surface area contributed by atoms with Crippen LogP contribution in [-0.2, 0) is 30.4 Å². The molecule has 0 aliphatic carbocycles. The Morgan fingerprint density at radius 1 is 1.09 bits per heavy atom. The normalized spacial score (nSPS) is 20.3. The van der Waals surface area contributed by atoms with Gasteiger partial charge in [-0.05, 0) is 55.9 Å². The number of rotatable bonds is 17. The number of halogens is 3. The molecule has 3 aliphatic heterocycles. The first-order valence-corrected chi connectivity index (χ1v) is 18.9. The lowest BCUT2D eigenvalue weighted by Crippen LogP contribution is -2.51. The van der Waals surface area contributed by atoms with Gasteiger partial charge in [0.25, 0.3) is 11.8 Å². The molecule has 300 valence electrons. The molecule has 6 rings (SSSR count). The van der Waals surface area contributed by atoms with Gasteiger partial charge >= 0.3 is 6.03 Å². The number of imidazole rings is 1. The van der Waals surface area contributed by atoms with Crippen LogP contribution in [0.4, 0.5) is 18.0 Å². The predicted molar refractivity (Wildman–Crippen MR) is 199 cm³/mol. The molecule has 3 aliphatic rings. The van der Waals surface area contributed by atoms with E-state index in [1.165, 1.54) is 12.2 Å². The summed E-state index contributed by atoms with van der Waals surface area (Å²) in [5, 5.41) is 6.08. The molecule has 2 fully saturated rings. The van der Waals surface area contributed by atoms with Crippen molar-refractivity contribution in [3.8, 4) is 11.3 Å². The molecule has 56 heavy (non-hydrogen) atoms. The Kier molecular flexibility index (Phi) is 13.6. The monoisotopic (exact) mass is 779 g/mol. The number of primary amides is 1. The molecular formula is C40H48F3N7O6. The van der Waals surface area contributed by atoms with Crippen molar-refractivity contribution in [2.24, 2.45) is 23.5 Å². The van der Waals surface area contributed by atoms with Crippen molar-refractivity contribution in [3.63, 3.8) is 0 Å². The van der Waals surface area contributed by atoms with Gasteiger partial charge < -0.3 is 35.3 Å². The number of alkyl halides is 1. The third-order valence-corrected chi connectivity index (χ3v) is 10.6. The summed E-state index contributed by atoms with van der Waals surface area (Å²) in [4.78, 5) is 58.4. The highest BCUT2D eigenvalue weighted by Gasteiger charge is 2.41. The molecule has 4 N–H and O–H groups in total. The van der Waals surface area contributed by atoms with Gasteiger partial charge in [0, 0.05) is 75.3 Å². The minimum absolute atomic E-state index is 0.00415. The smallest absolute Gasteiger partial charge is 0.318 e. The van der Waals surface area contributed by atoms with Crippen molar-refractivity contribution >= 4 is 23.8 Å². The van der Waals surface area contributed by atoms with E-state index in [9.17, 15) is 23.6 Å². The topological polar surface area (TPSA) is 161 Å². The van der Waals surface area contributed by atoms with Gasteiger partial charge in [0.05, 0.1) is 37.4 Å². The number of aromatic nitrogens is 2.